The number of anilines is 1. The number of rotatable bonds is 6. The zero-order valence-electron chi connectivity index (χ0n) is 10.7. The van der Waals surface area contributed by atoms with Gasteiger partial charge in [0.25, 0.3) is 0 Å². The second kappa shape index (κ2) is 6.34. The van der Waals surface area contributed by atoms with Gasteiger partial charge in [0.05, 0.1) is 23.1 Å². The summed E-state index contributed by atoms with van der Waals surface area (Å²) in [5, 5.41) is 17.2. The lowest BCUT2D eigenvalue weighted by Gasteiger charge is -2.11. The molecular formula is C12H13FN2O4S. The van der Waals surface area contributed by atoms with E-state index in [-0.39, 0.29) is 29.7 Å². The van der Waals surface area contributed by atoms with Crippen molar-refractivity contribution >= 4 is 21.7 Å². The number of nitriles is 1. The number of nitrogens with one attached hydrogen (secondary N) is 1. The molecule has 0 bridgehead atoms. The van der Waals surface area contributed by atoms with E-state index in [4.69, 9.17) is 10.4 Å². The molecule has 6 nitrogen and oxygen atoms in total. The topological polar surface area (TPSA) is 107 Å². The van der Waals surface area contributed by atoms with Crippen LogP contribution in [0.3, 0.4) is 0 Å². The maximum Gasteiger partial charge on any atom is 0.303 e. The molecular weight excluding hydrogens is 287 g/mol. The molecule has 0 heterocycles. The van der Waals surface area contributed by atoms with Crippen LogP contribution in [0.25, 0.3) is 0 Å². The van der Waals surface area contributed by atoms with Crippen LogP contribution in [0, 0.1) is 24.1 Å². The van der Waals surface area contributed by atoms with Crippen molar-refractivity contribution in [2.45, 2.75) is 19.8 Å². The second-order valence-corrected chi connectivity index (χ2v) is 6.00. The predicted molar refractivity (Wildman–Crippen MR) is 70.1 cm³/mol. The van der Waals surface area contributed by atoms with Gasteiger partial charge >= 0.3 is 5.97 Å². The van der Waals surface area contributed by atoms with Crippen molar-refractivity contribution < 1.29 is 22.7 Å². The zero-order valence-corrected chi connectivity index (χ0v) is 11.5. The molecule has 0 aliphatic carbocycles. The van der Waals surface area contributed by atoms with E-state index in [2.05, 4.69) is 4.72 Å². The Morgan fingerprint density at radius 2 is 2.15 bits per heavy atom. The van der Waals surface area contributed by atoms with Gasteiger partial charge in [0.2, 0.25) is 10.0 Å². The Morgan fingerprint density at radius 1 is 1.50 bits per heavy atom. The van der Waals surface area contributed by atoms with Gasteiger partial charge in [-0.3, -0.25) is 9.52 Å². The molecule has 0 aliphatic rings. The van der Waals surface area contributed by atoms with E-state index in [0.717, 1.165) is 6.07 Å². The lowest BCUT2D eigenvalue weighted by molar-refractivity contribution is -0.137. The molecule has 20 heavy (non-hydrogen) atoms. The number of sulfonamides is 1. The summed E-state index contributed by atoms with van der Waals surface area (Å²) in [7, 11) is -3.78. The fourth-order valence-electron chi connectivity index (χ4n) is 1.48. The van der Waals surface area contributed by atoms with E-state index < -0.39 is 27.6 Å². The van der Waals surface area contributed by atoms with E-state index in [0.29, 0.717) is 0 Å². The Morgan fingerprint density at radius 3 is 2.70 bits per heavy atom. The summed E-state index contributed by atoms with van der Waals surface area (Å²) in [6.07, 6.45) is -0.323. The van der Waals surface area contributed by atoms with Crippen molar-refractivity contribution in [1.82, 2.24) is 0 Å². The van der Waals surface area contributed by atoms with Crippen molar-refractivity contribution in [2.75, 3.05) is 10.5 Å². The van der Waals surface area contributed by atoms with Crippen LogP contribution < -0.4 is 4.72 Å². The number of aliphatic carboxylic acids is 1. The van der Waals surface area contributed by atoms with E-state index in [1.807, 2.05) is 0 Å². The Balaban J connectivity index is 2.90. The van der Waals surface area contributed by atoms with Gasteiger partial charge in [0, 0.05) is 12.0 Å². The van der Waals surface area contributed by atoms with E-state index >= 15 is 0 Å². The molecule has 0 aliphatic heterocycles. The first kappa shape index (κ1) is 15.9. The minimum Gasteiger partial charge on any atom is -0.481 e. The summed E-state index contributed by atoms with van der Waals surface area (Å²) >= 11 is 0. The standard InChI is InChI=1S/C12H13FN2O4S/c1-8-10(13)5-9(7-14)6-11(8)15-20(18,19)4-2-3-12(16)17/h5-6,15H,2-4H2,1H3,(H,16,17). The number of carboxylic acid groups (broad SMARTS) is 1. The van der Waals surface area contributed by atoms with Gasteiger partial charge in [-0.2, -0.15) is 5.26 Å². The first-order valence-corrected chi connectivity index (χ1v) is 7.33. The second-order valence-electron chi connectivity index (χ2n) is 4.16. The molecule has 0 atom stereocenters. The highest BCUT2D eigenvalue weighted by Crippen LogP contribution is 2.21. The van der Waals surface area contributed by atoms with E-state index in [1.54, 1.807) is 6.07 Å². The number of carbonyl (C=O) groups is 1. The molecule has 1 aromatic carbocycles. The number of hydrogen-bond donors (Lipinski definition) is 2. The molecule has 108 valence electrons. The fourth-order valence-corrected chi connectivity index (χ4v) is 2.65. The van der Waals surface area contributed by atoms with E-state index in [1.165, 1.54) is 13.0 Å². The van der Waals surface area contributed by atoms with Crippen LogP contribution in [-0.2, 0) is 14.8 Å². The van der Waals surface area contributed by atoms with Gasteiger partial charge in [-0.25, -0.2) is 12.8 Å². The summed E-state index contributed by atoms with van der Waals surface area (Å²) in [4.78, 5) is 10.3. The first-order valence-electron chi connectivity index (χ1n) is 5.67. The molecule has 0 spiro atoms. The molecule has 1 aromatic rings. The van der Waals surface area contributed by atoms with Crippen molar-refractivity contribution in [1.29, 1.82) is 5.26 Å². The van der Waals surface area contributed by atoms with Crippen LogP contribution >= 0.6 is 0 Å². The molecule has 0 radical (unpaired) electrons. The maximum absolute atomic E-state index is 13.5. The highest BCUT2D eigenvalue weighted by atomic mass is 32.2. The Kier molecular flexibility index (Phi) is 5.05. The van der Waals surface area contributed by atoms with Crippen LogP contribution in [0.2, 0.25) is 0 Å². The van der Waals surface area contributed by atoms with Crippen molar-refractivity contribution in [2.24, 2.45) is 0 Å². The summed E-state index contributed by atoms with van der Waals surface area (Å²) in [6, 6.07) is 3.97. The van der Waals surface area contributed by atoms with Crippen LogP contribution in [0.15, 0.2) is 12.1 Å². The third kappa shape index (κ3) is 4.51. The summed E-state index contributed by atoms with van der Waals surface area (Å²) in [6.45, 7) is 1.38. The van der Waals surface area contributed by atoms with E-state index in [9.17, 15) is 17.6 Å². The SMILES string of the molecule is Cc1c(F)cc(C#N)cc1NS(=O)(=O)CCCC(=O)O. The number of nitrogens with zero attached hydrogens (tertiary/aromatic N) is 1. The first-order chi connectivity index (χ1) is 9.25. The smallest absolute Gasteiger partial charge is 0.303 e. The van der Waals surface area contributed by atoms with Crippen LogP contribution in [0.5, 0.6) is 0 Å². The molecule has 0 amide bonds. The van der Waals surface area contributed by atoms with Gasteiger partial charge in [0.1, 0.15) is 5.82 Å². The van der Waals surface area contributed by atoms with Gasteiger partial charge in [-0.05, 0) is 25.5 Å². The van der Waals surface area contributed by atoms with Crippen molar-refractivity contribution in [3.63, 3.8) is 0 Å². The molecule has 0 saturated heterocycles. The Hall–Kier alpha value is -2.14. The molecule has 0 fully saturated rings. The summed E-state index contributed by atoms with van der Waals surface area (Å²) in [5.74, 6) is -2.17. The lowest BCUT2D eigenvalue weighted by atomic mass is 10.1. The molecule has 8 heteroatoms. The highest BCUT2D eigenvalue weighted by molar-refractivity contribution is 7.92. The van der Waals surface area contributed by atoms with Gasteiger partial charge in [-0.15, -0.1) is 0 Å². The molecule has 2 N–H and O–H groups in total. The molecule has 0 aromatic heterocycles. The van der Waals surface area contributed by atoms with Crippen molar-refractivity contribution in [3.05, 3.63) is 29.1 Å². The fraction of sp³-hybridized carbons (Fsp3) is 0.333. The molecule has 0 saturated carbocycles. The number of halogens is 1. The monoisotopic (exact) mass is 300 g/mol. The minimum atomic E-state index is -3.78. The molecule has 1 rings (SSSR count). The van der Waals surface area contributed by atoms with Crippen LogP contribution in [0.1, 0.15) is 24.0 Å². The summed E-state index contributed by atoms with van der Waals surface area (Å²) in [5.41, 5.74) is 0.0546. The minimum absolute atomic E-state index is 0.00339. The normalized spacial score (nSPS) is 10.8. The maximum atomic E-state index is 13.5. The summed E-state index contributed by atoms with van der Waals surface area (Å²) < 4.78 is 39.1. The highest BCUT2D eigenvalue weighted by Gasteiger charge is 2.15. The zero-order chi connectivity index (χ0) is 15.3. The Bertz CT molecular complexity index is 665. The van der Waals surface area contributed by atoms with Gasteiger partial charge in [0.15, 0.2) is 0 Å². The Labute approximate surface area is 115 Å². The largest absolute Gasteiger partial charge is 0.481 e. The lowest BCUT2D eigenvalue weighted by Crippen LogP contribution is -2.18. The van der Waals surface area contributed by atoms with Gasteiger partial charge < -0.3 is 5.11 Å². The average molecular weight is 300 g/mol. The van der Waals surface area contributed by atoms with Crippen molar-refractivity contribution in [3.8, 4) is 6.07 Å². The number of benzene rings is 1. The third-order valence-electron chi connectivity index (χ3n) is 2.54. The van der Waals surface area contributed by atoms with Crippen LogP contribution in [0.4, 0.5) is 10.1 Å². The quantitative estimate of drug-likeness (QED) is 0.830. The predicted octanol–water partition coefficient (Wildman–Crippen LogP) is 1.61. The number of carboxylic acids is 1. The van der Waals surface area contributed by atoms with Gasteiger partial charge in [-0.1, -0.05) is 0 Å². The van der Waals surface area contributed by atoms with Crippen LogP contribution in [-0.4, -0.2) is 25.2 Å². The number of hydrogen-bond acceptors (Lipinski definition) is 4. The average Bonchev–Trinajstić information content (AvgIpc) is 2.33. The molecule has 0 unspecified atom stereocenters. The third-order valence-corrected chi connectivity index (χ3v) is 3.90.